The SMILES string of the molecule is CCCC(CCCCCOc1ccccc1)NCC. The summed E-state index contributed by atoms with van der Waals surface area (Å²) in [6.07, 6.45) is 7.59. The number of hydrogen-bond acceptors (Lipinski definition) is 2. The Morgan fingerprint density at radius 3 is 2.47 bits per heavy atom. The van der Waals surface area contributed by atoms with Crippen molar-refractivity contribution < 1.29 is 4.74 Å². The Hall–Kier alpha value is -1.02. The molecule has 0 radical (unpaired) electrons. The molecule has 2 heteroatoms. The summed E-state index contributed by atoms with van der Waals surface area (Å²) in [6.45, 7) is 6.37. The summed E-state index contributed by atoms with van der Waals surface area (Å²) in [6, 6.07) is 10.8. The van der Waals surface area contributed by atoms with Gasteiger partial charge < -0.3 is 10.1 Å². The molecule has 1 atom stereocenters. The largest absolute Gasteiger partial charge is 0.494 e. The summed E-state index contributed by atoms with van der Waals surface area (Å²) in [5.41, 5.74) is 0. The van der Waals surface area contributed by atoms with E-state index in [0.29, 0.717) is 6.04 Å². The second-order valence-electron chi connectivity index (χ2n) is 5.05. The van der Waals surface area contributed by atoms with Gasteiger partial charge >= 0.3 is 0 Å². The number of unbranched alkanes of at least 4 members (excludes halogenated alkanes) is 2. The van der Waals surface area contributed by atoms with Crippen LogP contribution in [-0.2, 0) is 0 Å². The molecule has 0 fully saturated rings. The zero-order valence-corrected chi connectivity index (χ0v) is 12.5. The highest BCUT2D eigenvalue weighted by Crippen LogP contribution is 2.11. The maximum atomic E-state index is 5.69. The molecule has 0 aliphatic carbocycles. The van der Waals surface area contributed by atoms with E-state index < -0.39 is 0 Å². The molecule has 0 amide bonds. The van der Waals surface area contributed by atoms with Gasteiger partial charge in [-0.05, 0) is 37.9 Å². The molecule has 0 aliphatic rings. The zero-order chi connectivity index (χ0) is 13.8. The van der Waals surface area contributed by atoms with Crippen LogP contribution in [0, 0.1) is 0 Å². The van der Waals surface area contributed by atoms with Crippen LogP contribution in [0.2, 0.25) is 0 Å². The first-order valence-corrected chi connectivity index (χ1v) is 7.78. The van der Waals surface area contributed by atoms with E-state index in [-0.39, 0.29) is 0 Å². The quantitative estimate of drug-likeness (QED) is 0.597. The van der Waals surface area contributed by atoms with Crippen LogP contribution in [-0.4, -0.2) is 19.2 Å². The third-order valence-corrected chi connectivity index (χ3v) is 3.34. The fourth-order valence-electron chi connectivity index (χ4n) is 2.36. The summed E-state index contributed by atoms with van der Waals surface area (Å²) >= 11 is 0. The molecular formula is C17H29NO. The van der Waals surface area contributed by atoms with Gasteiger partial charge in [-0.3, -0.25) is 0 Å². The Kier molecular flexibility index (Phi) is 9.17. The third kappa shape index (κ3) is 7.89. The number of rotatable bonds is 11. The van der Waals surface area contributed by atoms with Crippen molar-refractivity contribution in [2.75, 3.05) is 13.2 Å². The summed E-state index contributed by atoms with van der Waals surface area (Å²) < 4.78 is 5.69. The Labute approximate surface area is 118 Å². The van der Waals surface area contributed by atoms with Crippen molar-refractivity contribution in [2.45, 2.75) is 58.4 Å². The minimum atomic E-state index is 0.713. The normalized spacial score (nSPS) is 12.3. The smallest absolute Gasteiger partial charge is 0.119 e. The van der Waals surface area contributed by atoms with Gasteiger partial charge in [0, 0.05) is 6.04 Å². The fourth-order valence-corrected chi connectivity index (χ4v) is 2.36. The molecule has 0 saturated heterocycles. The number of para-hydroxylation sites is 1. The first-order chi connectivity index (χ1) is 9.36. The molecule has 108 valence electrons. The van der Waals surface area contributed by atoms with Gasteiger partial charge in [0.25, 0.3) is 0 Å². The molecule has 1 rings (SSSR count). The Morgan fingerprint density at radius 2 is 1.79 bits per heavy atom. The standard InChI is InChI=1S/C17H29NO/c1-3-11-16(18-4-2)12-7-6-10-15-19-17-13-8-5-9-14-17/h5,8-9,13-14,16,18H,3-4,6-7,10-12,15H2,1-2H3. The van der Waals surface area contributed by atoms with E-state index in [0.717, 1.165) is 25.3 Å². The maximum absolute atomic E-state index is 5.69. The van der Waals surface area contributed by atoms with Crippen LogP contribution in [0.4, 0.5) is 0 Å². The van der Waals surface area contributed by atoms with Crippen LogP contribution < -0.4 is 10.1 Å². The molecule has 0 bridgehead atoms. The molecule has 0 spiro atoms. The summed E-state index contributed by atoms with van der Waals surface area (Å²) in [4.78, 5) is 0. The van der Waals surface area contributed by atoms with Crippen LogP contribution in [0.3, 0.4) is 0 Å². The van der Waals surface area contributed by atoms with Gasteiger partial charge in [0.05, 0.1) is 6.61 Å². The second kappa shape index (κ2) is 10.9. The highest BCUT2D eigenvalue weighted by Gasteiger charge is 2.04. The second-order valence-corrected chi connectivity index (χ2v) is 5.05. The van der Waals surface area contributed by atoms with Crippen molar-refractivity contribution in [1.29, 1.82) is 0 Å². The predicted octanol–water partition coefficient (Wildman–Crippen LogP) is 4.40. The molecule has 1 aromatic rings. The molecule has 1 aromatic carbocycles. The summed E-state index contributed by atoms with van der Waals surface area (Å²) in [5, 5.41) is 3.57. The Morgan fingerprint density at radius 1 is 1.00 bits per heavy atom. The average molecular weight is 263 g/mol. The average Bonchev–Trinajstić information content (AvgIpc) is 2.44. The van der Waals surface area contributed by atoms with Crippen LogP contribution in [0.1, 0.15) is 52.4 Å². The molecular weight excluding hydrogens is 234 g/mol. The van der Waals surface area contributed by atoms with E-state index in [1.807, 2.05) is 30.3 Å². The molecule has 1 unspecified atom stereocenters. The topological polar surface area (TPSA) is 21.3 Å². The first kappa shape index (κ1) is 16.0. The van der Waals surface area contributed by atoms with Gasteiger partial charge in [0.1, 0.15) is 5.75 Å². The van der Waals surface area contributed by atoms with E-state index in [1.165, 1.54) is 32.1 Å². The van der Waals surface area contributed by atoms with Crippen LogP contribution in [0.15, 0.2) is 30.3 Å². The van der Waals surface area contributed by atoms with E-state index in [2.05, 4.69) is 19.2 Å². The molecule has 2 nitrogen and oxygen atoms in total. The van der Waals surface area contributed by atoms with Crippen LogP contribution in [0.25, 0.3) is 0 Å². The number of ether oxygens (including phenoxy) is 1. The lowest BCUT2D eigenvalue weighted by atomic mass is 10.0. The van der Waals surface area contributed by atoms with Gasteiger partial charge in [-0.1, -0.05) is 51.3 Å². The van der Waals surface area contributed by atoms with E-state index >= 15 is 0 Å². The van der Waals surface area contributed by atoms with Crippen molar-refractivity contribution in [2.24, 2.45) is 0 Å². The van der Waals surface area contributed by atoms with E-state index in [1.54, 1.807) is 0 Å². The number of hydrogen-bond donors (Lipinski definition) is 1. The fraction of sp³-hybridized carbons (Fsp3) is 0.647. The Balaban J connectivity index is 2.01. The number of benzene rings is 1. The molecule has 0 heterocycles. The van der Waals surface area contributed by atoms with Crippen molar-refractivity contribution in [3.8, 4) is 5.75 Å². The van der Waals surface area contributed by atoms with Gasteiger partial charge in [0.15, 0.2) is 0 Å². The molecule has 0 aliphatic heterocycles. The highest BCUT2D eigenvalue weighted by molar-refractivity contribution is 5.20. The monoisotopic (exact) mass is 263 g/mol. The van der Waals surface area contributed by atoms with Crippen LogP contribution >= 0.6 is 0 Å². The first-order valence-electron chi connectivity index (χ1n) is 7.78. The lowest BCUT2D eigenvalue weighted by Crippen LogP contribution is -2.28. The molecule has 0 saturated carbocycles. The zero-order valence-electron chi connectivity index (χ0n) is 12.5. The maximum Gasteiger partial charge on any atom is 0.119 e. The minimum Gasteiger partial charge on any atom is -0.494 e. The number of nitrogens with one attached hydrogen (secondary N) is 1. The molecule has 1 N–H and O–H groups in total. The lowest BCUT2D eigenvalue weighted by Gasteiger charge is -2.16. The third-order valence-electron chi connectivity index (χ3n) is 3.34. The predicted molar refractivity (Wildman–Crippen MR) is 82.8 cm³/mol. The highest BCUT2D eigenvalue weighted by atomic mass is 16.5. The van der Waals surface area contributed by atoms with Gasteiger partial charge in [-0.25, -0.2) is 0 Å². The van der Waals surface area contributed by atoms with E-state index in [9.17, 15) is 0 Å². The molecule has 19 heavy (non-hydrogen) atoms. The van der Waals surface area contributed by atoms with Gasteiger partial charge in [-0.2, -0.15) is 0 Å². The summed E-state index contributed by atoms with van der Waals surface area (Å²) in [5.74, 6) is 0.985. The van der Waals surface area contributed by atoms with Crippen molar-refractivity contribution >= 4 is 0 Å². The van der Waals surface area contributed by atoms with Crippen LogP contribution in [0.5, 0.6) is 5.75 Å². The lowest BCUT2D eigenvalue weighted by molar-refractivity contribution is 0.302. The van der Waals surface area contributed by atoms with Crippen molar-refractivity contribution in [1.82, 2.24) is 5.32 Å². The Bertz CT molecular complexity index is 293. The van der Waals surface area contributed by atoms with Crippen molar-refractivity contribution in [3.05, 3.63) is 30.3 Å². The van der Waals surface area contributed by atoms with Crippen molar-refractivity contribution in [3.63, 3.8) is 0 Å². The van der Waals surface area contributed by atoms with Gasteiger partial charge in [0.2, 0.25) is 0 Å². The van der Waals surface area contributed by atoms with Gasteiger partial charge in [-0.15, -0.1) is 0 Å². The minimum absolute atomic E-state index is 0.713. The molecule has 0 aromatic heterocycles. The van der Waals surface area contributed by atoms with E-state index in [4.69, 9.17) is 4.74 Å². The summed E-state index contributed by atoms with van der Waals surface area (Å²) in [7, 11) is 0.